The normalized spacial score (nSPS) is 10.8. The number of benzene rings is 1. The molecule has 0 atom stereocenters. The summed E-state index contributed by atoms with van der Waals surface area (Å²) in [6, 6.07) is 10.8. The van der Waals surface area contributed by atoms with Gasteiger partial charge < -0.3 is 9.73 Å². The van der Waals surface area contributed by atoms with Crippen LogP contribution in [0.5, 0.6) is 0 Å². The summed E-state index contributed by atoms with van der Waals surface area (Å²) in [6.07, 6.45) is 2.55. The summed E-state index contributed by atoms with van der Waals surface area (Å²) >= 11 is 0. The highest BCUT2D eigenvalue weighted by atomic mass is 16.4. The van der Waals surface area contributed by atoms with Crippen LogP contribution in [0.25, 0.3) is 11.1 Å². The molecule has 6 heteroatoms. The molecule has 3 aromatic rings. The third-order valence-corrected chi connectivity index (χ3v) is 3.43. The lowest BCUT2D eigenvalue weighted by atomic mass is 10.1. The van der Waals surface area contributed by atoms with Crippen LogP contribution in [0.4, 0.5) is 5.82 Å². The molecule has 0 unspecified atom stereocenters. The van der Waals surface area contributed by atoms with Crippen LogP contribution in [0.15, 0.2) is 51.8 Å². The Labute approximate surface area is 126 Å². The molecule has 1 N–H and O–H groups in total. The largest absolute Gasteiger partial charge is 0.419 e. The highest BCUT2D eigenvalue weighted by molar-refractivity contribution is 5.89. The van der Waals surface area contributed by atoms with Gasteiger partial charge in [-0.25, -0.2) is 9.78 Å². The quantitative estimate of drug-likeness (QED) is 0.800. The van der Waals surface area contributed by atoms with Crippen LogP contribution in [0.2, 0.25) is 0 Å². The molecule has 0 saturated heterocycles. The first-order chi connectivity index (χ1) is 10.6. The number of anilines is 1. The number of oxazole rings is 1. The lowest BCUT2D eigenvalue weighted by Gasteiger charge is -2.04. The van der Waals surface area contributed by atoms with Crippen LogP contribution >= 0.6 is 0 Å². The van der Waals surface area contributed by atoms with Crippen molar-refractivity contribution >= 4 is 22.8 Å². The zero-order valence-electron chi connectivity index (χ0n) is 12.1. The van der Waals surface area contributed by atoms with Gasteiger partial charge in [-0.2, -0.15) is 0 Å². The second-order valence-corrected chi connectivity index (χ2v) is 4.99. The number of rotatable bonds is 4. The predicted molar refractivity (Wildman–Crippen MR) is 82.6 cm³/mol. The lowest BCUT2D eigenvalue weighted by molar-refractivity contribution is -0.116. The van der Waals surface area contributed by atoms with Gasteiger partial charge in [0.2, 0.25) is 5.91 Å². The van der Waals surface area contributed by atoms with Gasteiger partial charge in [-0.1, -0.05) is 12.1 Å². The van der Waals surface area contributed by atoms with Gasteiger partial charge in [0.25, 0.3) is 0 Å². The number of aryl methyl sites for hydroxylation is 2. The standard InChI is InChI=1S/C16H15N3O3/c1-19-12-10-11(5-7-13(12)22-16(19)21)6-8-15(20)18-14-4-2-3-9-17-14/h2-5,7,9-10H,6,8H2,1H3,(H,17,18,20). The Kier molecular flexibility index (Phi) is 3.74. The zero-order valence-corrected chi connectivity index (χ0v) is 12.1. The summed E-state index contributed by atoms with van der Waals surface area (Å²) in [5.74, 6) is 0.0557. The lowest BCUT2D eigenvalue weighted by Crippen LogP contribution is -2.13. The molecule has 1 amide bonds. The first kappa shape index (κ1) is 14.1. The van der Waals surface area contributed by atoms with Gasteiger partial charge >= 0.3 is 5.76 Å². The van der Waals surface area contributed by atoms with E-state index in [1.807, 2.05) is 18.2 Å². The number of nitrogens with zero attached hydrogens (tertiary/aromatic N) is 2. The van der Waals surface area contributed by atoms with Gasteiger partial charge in [0.15, 0.2) is 5.58 Å². The minimum atomic E-state index is -0.389. The van der Waals surface area contributed by atoms with Crippen molar-refractivity contribution in [2.24, 2.45) is 7.05 Å². The number of hydrogen-bond donors (Lipinski definition) is 1. The third-order valence-electron chi connectivity index (χ3n) is 3.43. The molecule has 0 aliphatic heterocycles. The highest BCUT2D eigenvalue weighted by Gasteiger charge is 2.08. The fraction of sp³-hybridized carbons (Fsp3) is 0.188. The van der Waals surface area contributed by atoms with Crippen LogP contribution in [0.1, 0.15) is 12.0 Å². The molecular formula is C16H15N3O3. The minimum Gasteiger partial charge on any atom is -0.408 e. The molecular weight excluding hydrogens is 282 g/mol. The number of carbonyl (C=O) groups is 1. The van der Waals surface area contributed by atoms with E-state index in [-0.39, 0.29) is 11.7 Å². The summed E-state index contributed by atoms with van der Waals surface area (Å²) < 4.78 is 6.53. The molecule has 0 saturated carbocycles. The van der Waals surface area contributed by atoms with Gasteiger partial charge in [0.05, 0.1) is 5.52 Å². The monoisotopic (exact) mass is 297 g/mol. The first-order valence-electron chi connectivity index (χ1n) is 6.93. The average molecular weight is 297 g/mol. The molecule has 1 aromatic carbocycles. The van der Waals surface area contributed by atoms with Crippen LogP contribution in [0.3, 0.4) is 0 Å². The Morgan fingerprint density at radius 2 is 2.18 bits per heavy atom. The van der Waals surface area contributed by atoms with E-state index in [2.05, 4.69) is 10.3 Å². The number of aromatic nitrogens is 2. The van der Waals surface area contributed by atoms with Crippen molar-refractivity contribution in [3.63, 3.8) is 0 Å². The van der Waals surface area contributed by atoms with Crippen molar-refractivity contribution in [2.45, 2.75) is 12.8 Å². The number of pyridine rings is 1. The van der Waals surface area contributed by atoms with E-state index in [1.54, 1.807) is 31.4 Å². The maximum absolute atomic E-state index is 11.9. The minimum absolute atomic E-state index is 0.0973. The van der Waals surface area contributed by atoms with Crippen molar-refractivity contribution in [2.75, 3.05) is 5.32 Å². The molecule has 0 aliphatic carbocycles. The van der Waals surface area contributed by atoms with Crippen molar-refractivity contribution in [3.8, 4) is 0 Å². The molecule has 3 rings (SSSR count). The number of hydrogen-bond acceptors (Lipinski definition) is 4. The number of carbonyl (C=O) groups excluding carboxylic acids is 1. The van der Waals surface area contributed by atoms with E-state index in [1.165, 1.54) is 4.57 Å². The summed E-state index contributed by atoms with van der Waals surface area (Å²) in [7, 11) is 1.66. The van der Waals surface area contributed by atoms with E-state index >= 15 is 0 Å². The van der Waals surface area contributed by atoms with Crippen LogP contribution < -0.4 is 11.1 Å². The van der Waals surface area contributed by atoms with E-state index < -0.39 is 0 Å². The van der Waals surface area contributed by atoms with Crippen molar-refractivity contribution < 1.29 is 9.21 Å². The smallest absolute Gasteiger partial charge is 0.408 e. The molecule has 0 radical (unpaired) electrons. The second kappa shape index (κ2) is 5.85. The van der Waals surface area contributed by atoms with Crippen LogP contribution in [-0.4, -0.2) is 15.5 Å². The van der Waals surface area contributed by atoms with E-state index in [4.69, 9.17) is 4.42 Å². The van der Waals surface area contributed by atoms with E-state index in [0.717, 1.165) is 11.1 Å². The third kappa shape index (κ3) is 2.90. The molecule has 0 bridgehead atoms. The maximum atomic E-state index is 11.9. The number of fused-ring (bicyclic) bond motifs is 1. The van der Waals surface area contributed by atoms with Gasteiger partial charge in [-0.3, -0.25) is 9.36 Å². The van der Waals surface area contributed by atoms with E-state index in [9.17, 15) is 9.59 Å². The first-order valence-corrected chi connectivity index (χ1v) is 6.93. The van der Waals surface area contributed by atoms with Gasteiger partial charge in [0.1, 0.15) is 5.82 Å². The van der Waals surface area contributed by atoms with Crippen LogP contribution in [0, 0.1) is 0 Å². The Morgan fingerprint density at radius 1 is 1.32 bits per heavy atom. The summed E-state index contributed by atoms with van der Waals surface area (Å²) in [5.41, 5.74) is 2.25. The summed E-state index contributed by atoms with van der Waals surface area (Å²) in [4.78, 5) is 27.4. The van der Waals surface area contributed by atoms with Gasteiger partial charge in [0, 0.05) is 19.7 Å². The summed E-state index contributed by atoms with van der Waals surface area (Å²) in [6.45, 7) is 0. The zero-order chi connectivity index (χ0) is 15.5. The molecule has 6 nitrogen and oxygen atoms in total. The predicted octanol–water partition coefficient (Wildman–Crippen LogP) is 2.10. The molecule has 22 heavy (non-hydrogen) atoms. The molecule has 0 aliphatic rings. The molecule has 0 fully saturated rings. The SMILES string of the molecule is Cn1c(=O)oc2ccc(CCC(=O)Nc3ccccn3)cc21. The van der Waals surface area contributed by atoms with Crippen LogP contribution in [-0.2, 0) is 18.3 Å². The fourth-order valence-corrected chi connectivity index (χ4v) is 2.23. The Morgan fingerprint density at radius 3 is 2.95 bits per heavy atom. The number of amides is 1. The van der Waals surface area contributed by atoms with E-state index in [0.29, 0.717) is 24.2 Å². The van der Waals surface area contributed by atoms with Crippen molar-refractivity contribution in [1.29, 1.82) is 0 Å². The maximum Gasteiger partial charge on any atom is 0.419 e. The Balaban J connectivity index is 1.67. The number of nitrogens with one attached hydrogen (secondary N) is 1. The van der Waals surface area contributed by atoms with Gasteiger partial charge in [-0.05, 0) is 36.2 Å². The molecule has 0 spiro atoms. The fourth-order valence-electron chi connectivity index (χ4n) is 2.23. The molecule has 2 aromatic heterocycles. The Bertz CT molecular complexity index is 865. The van der Waals surface area contributed by atoms with Crippen molar-refractivity contribution in [1.82, 2.24) is 9.55 Å². The molecule has 2 heterocycles. The average Bonchev–Trinajstić information content (AvgIpc) is 2.81. The van der Waals surface area contributed by atoms with Gasteiger partial charge in [-0.15, -0.1) is 0 Å². The Hall–Kier alpha value is -2.89. The summed E-state index contributed by atoms with van der Waals surface area (Å²) in [5, 5.41) is 2.74. The molecule has 112 valence electrons. The second-order valence-electron chi connectivity index (χ2n) is 4.99. The van der Waals surface area contributed by atoms with Crippen molar-refractivity contribution in [3.05, 3.63) is 58.7 Å². The topological polar surface area (TPSA) is 77.1 Å². The highest BCUT2D eigenvalue weighted by Crippen LogP contribution is 2.15.